The molecular weight excluding hydrogens is 208 g/mol. The molecule has 0 unspecified atom stereocenters. The number of nitrogens with one attached hydrogen (secondary N) is 1. The van der Waals surface area contributed by atoms with Crippen molar-refractivity contribution in [2.45, 2.75) is 44.7 Å². The van der Waals surface area contributed by atoms with Gasteiger partial charge in [0, 0.05) is 30.9 Å². The maximum absolute atomic E-state index is 3.70. The van der Waals surface area contributed by atoms with Crippen molar-refractivity contribution in [3.63, 3.8) is 0 Å². The van der Waals surface area contributed by atoms with Crippen LogP contribution in [0.4, 0.5) is 5.69 Å². The number of nitrogens with zero attached hydrogens (tertiary/aromatic N) is 1. The first-order valence-electron chi connectivity index (χ1n) is 6.92. The van der Waals surface area contributed by atoms with Crippen molar-refractivity contribution in [1.29, 1.82) is 0 Å². The van der Waals surface area contributed by atoms with E-state index in [-0.39, 0.29) is 0 Å². The second kappa shape index (κ2) is 4.69. The van der Waals surface area contributed by atoms with E-state index in [1.54, 1.807) is 0 Å². The first-order chi connectivity index (χ1) is 8.36. The topological polar surface area (TPSA) is 15.3 Å². The summed E-state index contributed by atoms with van der Waals surface area (Å²) >= 11 is 0. The van der Waals surface area contributed by atoms with E-state index in [2.05, 4.69) is 41.4 Å². The summed E-state index contributed by atoms with van der Waals surface area (Å²) in [4.78, 5) is 2.65. The number of hydrogen-bond acceptors (Lipinski definition) is 2. The number of piperazine rings is 1. The number of rotatable bonds is 1. The minimum atomic E-state index is 0.720. The molecule has 0 radical (unpaired) electrons. The highest BCUT2D eigenvalue weighted by Gasteiger charge is 2.33. The van der Waals surface area contributed by atoms with Gasteiger partial charge in [0.15, 0.2) is 0 Å². The molecule has 3 rings (SSSR count). The lowest BCUT2D eigenvalue weighted by molar-refractivity contribution is 0.284. The fraction of sp³-hybridized carbons (Fsp3) is 0.600. The highest BCUT2D eigenvalue weighted by molar-refractivity contribution is 5.54. The van der Waals surface area contributed by atoms with Crippen molar-refractivity contribution in [3.05, 3.63) is 29.8 Å². The van der Waals surface area contributed by atoms with Gasteiger partial charge < -0.3 is 10.2 Å². The standard InChI is InChI=1S/C15H22N2/c1-12-6-2-4-8-14(12)17-11-10-16-13-7-3-5-9-15(13)17/h2,4,6,8,13,15-16H,3,5,7,9-11H2,1H3/t13-,15-/m1/s1. The van der Waals surface area contributed by atoms with E-state index in [9.17, 15) is 0 Å². The van der Waals surface area contributed by atoms with Crippen molar-refractivity contribution >= 4 is 5.69 Å². The molecule has 1 N–H and O–H groups in total. The summed E-state index contributed by atoms with van der Waals surface area (Å²) in [6.07, 6.45) is 5.50. The van der Waals surface area contributed by atoms with Crippen LogP contribution in [0.2, 0.25) is 0 Å². The number of aryl methyl sites for hydroxylation is 1. The molecular formula is C15H22N2. The average molecular weight is 230 g/mol. The van der Waals surface area contributed by atoms with Crippen LogP contribution in [0, 0.1) is 6.92 Å². The smallest absolute Gasteiger partial charge is 0.0443 e. The SMILES string of the molecule is Cc1ccccc1N1CCN[C@@H]2CCCC[C@H]21. The Morgan fingerprint density at radius 2 is 2.00 bits per heavy atom. The molecule has 17 heavy (non-hydrogen) atoms. The van der Waals surface area contributed by atoms with Crippen LogP contribution in [0.1, 0.15) is 31.2 Å². The van der Waals surface area contributed by atoms with Crippen LogP contribution in [-0.2, 0) is 0 Å². The highest BCUT2D eigenvalue weighted by Crippen LogP contribution is 2.31. The molecule has 1 aliphatic heterocycles. The molecule has 2 heteroatoms. The van der Waals surface area contributed by atoms with Crippen LogP contribution in [0.3, 0.4) is 0 Å². The zero-order valence-corrected chi connectivity index (χ0v) is 10.7. The molecule has 1 saturated carbocycles. The first-order valence-corrected chi connectivity index (χ1v) is 6.92. The highest BCUT2D eigenvalue weighted by atomic mass is 15.2. The number of benzene rings is 1. The summed E-state index contributed by atoms with van der Waals surface area (Å²) in [6, 6.07) is 10.3. The normalized spacial score (nSPS) is 28.9. The number of fused-ring (bicyclic) bond motifs is 1. The van der Waals surface area contributed by atoms with Crippen LogP contribution in [0.5, 0.6) is 0 Å². The van der Waals surface area contributed by atoms with Gasteiger partial charge in [-0.05, 0) is 31.4 Å². The summed E-state index contributed by atoms with van der Waals surface area (Å²) in [5.74, 6) is 0. The first kappa shape index (κ1) is 11.1. The summed E-state index contributed by atoms with van der Waals surface area (Å²) in [6.45, 7) is 4.52. The van der Waals surface area contributed by atoms with Gasteiger partial charge in [0.25, 0.3) is 0 Å². The van der Waals surface area contributed by atoms with Crippen LogP contribution in [-0.4, -0.2) is 25.2 Å². The fourth-order valence-electron chi connectivity index (χ4n) is 3.44. The lowest BCUT2D eigenvalue weighted by atomic mass is 9.87. The Labute approximate surface area is 104 Å². The monoisotopic (exact) mass is 230 g/mol. The van der Waals surface area contributed by atoms with Gasteiger partial charge in [0.05, 0.1) is 0 Å². The van der Waals surface area contributed by atoms with E-state index in [0.29, 0.717) is 0 Å². The molecule has 2 nitrogen and oxygen atoms in total. The molecule has 1 heterocycles. The Bertz CT molecular complexity index is 386. The van der Waals surface area contributed by atoms with E-state index < -0.39 is 0 Å². The van der Waals surface area contributed by atoms with Crippen LogP contribution >= 0.6 is 0 Å². The van der Waals surface area contributed by atoms with Gasteiger partial charge in [-0.1, -0.05) is 31.0 Å². The Morgan fingerprint density at radius 1 is 1.18 bits per heavy atom. The van der Waals surface area contributed by atoms with E-state index in [4.69, 9.17) is 0 Å². The molecule has 1 aromatic rings. The Balaban J connectivity index is 1.88. The maximum Gasteiger partial charge on any atom is 0.0443 e. The van der Waals surface area contributed by atoms with Gasteiger partial charge in [-0.15, -0.1) is 0 Å². The predicted molar refractivity (Wildman–Crippen MR) is 72.6 cm³/mol. The third-order valence-electron chi connectivity index (χ3n) is 4.31. The molecule has 1 aromatic carbocycles. The van der Waals surface area contributed by atoms with Crippen molar-refractivity contribution < 1.29 is 0 Å². The molecule has 2 aliphatic rings. The van der Waals surface area contributed by atoms with Gasteiger partial charge >= 0.3 is 0 Å². The third-order valence-corrected chi connectivity index (χ3v) is 4.31. The van der Waals surface area contributed by atoms with Crippen LogP contribution < -0.4 is 10.2 Å². The summed E-state index contributed by atoms with van der Waals surface area (Å²) in [5, 5.41) is 3.70. The van der Waals surface area contributed by atoms with Gasteiger partial charge in [0.1, 0.15) is 0 Å². The van der Waals surface area contributed by atoms with E-state index >= 15 is 0 Å². The van der Waals surface area contributed by atoms with Gasteiger partial charge in [-0.3, -0.25) is 0 Å². The number of hydrogen-bond donors (Lipinski definition) is 1. The van der Waals surface area contributed by atoms with E-state index in [1.165, 1.54) is 36.9 Å². The second-order valence-corrected chi connectivity index (χ2v) is 5.39. The Morgan fingerprint density at radius 3 is 2.88 bits per heavy atom. The van der Waals surface area contributed by atoms with Crippen molar-refractivity contribution in [2.24, 2.45) is 0 Å². The van der Waals surface area contributed by atoms with E-state index in [0.717, 1.165) is 25.2 Å². The summed E-state index contributed by atoms with van der Waals surface area (Å²) in [5.41, 5.74) is 2.87. The lowest BCUT2D eigenvalue weighted by Gasteiger charge is -2.46. The second-order valence-electron chi connectivity index (χ2n) is 5.39. The van der Waals surface area contributed by atoms with Crippen LogP contribution in [0.25, 0.3) is 0 Å². The predicted octanol–water partition coefficient (Wildman–Crippen LogP) is 2.72. The minimum absolute atomic E-state index is 0.720. The maximum atomic E-state index is 3.70. The van der Waals surface area contributed by atoms with Crippen molar-refractivity contribution in [3.8, 4) is 0 Å². The molecule has 2 atom stereocenters. The third kappa shape index (κ3) is 2.06. The number of anilines is 1. The average Bonchev–Trinajstić information content (AvgIpc) is 2.39. The summed E-state index contributed by atoms with van der Waals surface area (Å²) in [7, 11) is 0. The zero-order chi connectivity index (χ0) is 11.7. The van der Waals surface area contributed by atoms with Gasteiger partial charge in [-0.2, -0.15) is 0 Å². The molecule has 1 aliphatic carbocycles. The molecule has 1 saturated heterocycles. The molecule has 0 aromatic heterocycles. The zero-order valence-electron chi connectivity index (χ0n) is 10.7. The lowest BCUT2D eigenvalue weighted by Crippen LogP contribution is -2.59. The molecule has 0 amide bonds. The van der Waals surface area contributed by atoms with Crippen molar-refractivity contribution in [1.82, 2.24) is 5.32 Å². The molecule has 92 valence electrons. The van der Waals surface area contributed by atoms with Crippen LogP contribution in [0.15, 0.2) is 24.3 Å². The molecule has 0 spiro atoms. The Hall–Kier alpha value is -1.02. The minimum Gasteiger partial charge on any atom is -0.365 e. The summed E-state index contributed by atoms with van der Waals surface area (Å²) < 4.78 is 0. The quantitative estimate of drug-likeness (QED) is 0.798. The van der Waals surface area contributed by atoms with E-state index in [1.807, 2.05) is 0 Å². The Kier molecular flexibility index (Phi) is 3.06. The molecule has 2 fully saturated rings. The number of para-hydroxylation sites is 1. The fourth-order valence-corrected chi connectivity index (χ4v) is 3.44. The van der Waals surface area contributed by atoms with Gasteiger partial charge in [0.2, 0.25) is 0 Å². The largest absolute Gasteiger partial charge is 0.365 e. The van der Waals surface area contributed by atoms with Gasteiger partial charge in [-0.25, -0.2) is 0 Å². The van der Waals surface area contributed by atoms with Crippen molar-refractivity contribution in [2.75, 3.05) is 18.0 Å². The molecule has 0 bridgehead atoms.